The number of likely N-dealkylation sites (N-methyl/N-ethyl adjacent to an activating group) is 1. The zero-order valence-corrected chi connectivity index (χ0v) is 14.0. The highest BCUT2D eigenvalue weighted by Crippen LogP contribution is 2.30. The molecule has 128 valence electrons. The van der Waals surface area contributed by atoms with E-state index in [4.69, 9.17) is 4.74 Å². The van der Waals surface area contributed by atoms with Crippen molar-refractivity contribution in [1.82, 2.24) is 20.0 Å². The zero-order chi connectivity index (χ0) is 17.2. The number of nitrogens with zero attached hydrogens (tertiary/aromatic N) is 3. The minimum Gasteiger partial charge on any atom is -0.382 e. The number of carbonyl (C=O) groups is 2. The lowest BCUT2D eigenvalue weighted by atomic mass is 9.95. The Hall–Kier alpha value is -2.41. The predicted octanol–water partition coefficient (Wildman–Crippen LogP) is 0.790. The third-order valence-electron chi connectivity index (χ3n) is 4.66. The van der Waals surface area contributed by atoms with Crippen molar-refractivity contribution in [1.29, 1.82) is 0 Å². The van der Waals surface area contributed by atoms with E-state index in [1.165, 1.54) is 0 Å². The number of fused-ring (bicyclic) bond motifs is 1. The summed E-state index contributed by atoms with van der Waals surface area (Å²) in [6.45, 7) is 0.850. The van der Waals surface area contributed by atoms with Crippen molar-refractivity contribution in [2.75, 3.05) is 27.3 Å². The number of methoxy groups -OCH3 is 1. The van der Waals surface area contributed by atoms with Crippen LogP contribution in [0.5, 0.6) is 0 Å². The number of carbonyl (C=O) groups excluding carboxylic acids is 2. The fourth-order valence-electron chi connectivity index (χ4n) is 3.53. The number of aromatic nitrogens is 2. The maximum Gasteiger partial charge on any atom is 0.248 e. The Labute approximate surface area is 140 Å². The van der Waals surface area contributed by atoms with Crippen LogP contribution in [0.3, 0.4) is 0 Å². The highest BCUT2D eigenvalue weighted by molar-refractivity contribution is 5.92. The van der Waals surface area contributed by atoms with Gasteiger partial charge in [-0.25, -0.2) is 0 Å². The SMILES string of the molecule is CNC(=O)C1(COC)CCCN1C(=O)Cn1ncc2ccccc21. The third kappa shape index (κ3) is 2.65. The molecule has 7 nitrogen and oxygen atoms in total. The Kier molecular flexibility index (Phi) is 4.53. The van der Waals surface area contributed by atoms with Gasteiger partial charge in [0.1, 0.15) is 12.1 Å². The van der Waals surface area contributed by atoms with E-state index in [9.17, 15) is 9.59 Å². The normalized spacial score (nSPS) is 20.5. The monoisotopic (exact) mass is 330 g/mol. The minimum absolute atomic E-state index is 0.107. The van der Waals surface area contributed by atoms with Crippen LogP contribution in [0.25, 0.3) is 10.9 Å². The van der Waals surface area contributed by atoms with E-state index in [1.54, 1.807) is 29.9 Å². The average molecular weight is 330 g/mol. The summed E-state index contributed by atoms with van der Waals surface area (Å²) in [6, 6.07) is 7.74. The second-order valence-corrected chi connectivity index (χ2v) is 6.05. The number of para-hydroxylation sites is 1. The van der Waals surface area contributed by atoms with Crippen LogP contribution in [0.4, 0.5) is 0 Å². The summed E-state index contributed by atoms with van der Waals surface area (Å²) in [5, 5.41) is 7.96. The number of rotatable bonds is 5. The molecule has 1 aliphatic rings. The van der Waals surface area contributed by atoms with Gasteiger partial charge in [-0.05, 0) is 18.9 Å². The van der Waals surface area contributed by atoms with Crippen molar-refractivity contribution in [2.45, 2.75) is 24.9 Å². The van der Waals surface area contributed by atoms with Crippen LogP contribution >= 0.6 is 0 Å². The van der Waals surface area contributed by atoms with Gasteiger partial charge in [0, 0.05) is 26.1 Å². The summed E-state index contributed by atoms with van der Waals surface area (Å²) in [4.78, 5) is 27.0. The molecular weight excluding hydrogens is 308 g/mol. The number of amides is 2. The van der Waals surface area contributed by atoms with Gasteiger partial charge in [0.25, 0.3) is 0 Å². The van der Waals surface area contributed by atoms with E-state index in [2.05, 4.69) is 10.4 Å². The average Bonchev–Trinajstić information content (AvgIpc) is 3.20. The number of likely N-dealkylation sites (tertiary alicyclic amines) is 1. The first-order chi connectivity index (χ1) is 11.6. The van der Waals surface area contributed by atoms with Crippen LogP contribution in [0.2, 0.25) is 0 Å². The third-order valence-corrected chi connectivity index (χ3v) is 4.66. The molecule has 0 saturated carbocycles. The van der Waals surface area contributed by atoms with E-state index in [0.717, 1.165) is 17.3 Å². The van der Waals surface area contributed by atoms with E-state index in [1.807, 2.05) is 24.3 Å². The smallest absolute Gasteiger partial charge is 0.248 e. The van der Waals surface area contributed by atoms with Gasteiger partial charge < -0.3 is 15.0 Å². The Morgan fingerprint density at radius 3 is 2.92 bits per heavy atom. The van der Waals surface area contributed by atoms with Gasteiger partial charge in [-0.15, -0.1) is 0 Å². The molecule has 0 radical (unpaired) electrons. The Morgan fingerprint density at radius 1 is 1.38 bits per heavy atom. The van der Waals surface area contributed by atoms with E-state index >= 15 is 0 Å². The second kappa shape index (κ2) is 6.60. The summed E-state index contributed by atoms with van der Waals surface area (Å²) in [5.74, 6) is -0.303. The quantitative estimate of drug-likeness (QED) is 0.879. The molecule has 1 aliphatic heterocycles. The lowest BCUT2D eigenvalue weighted by Crippen LogP contribution is -2.60. The van der Waals surface area contributed by atoms with Crippen molar-refractivity contribution >= 4 is 22.7 Å². The predicted molar refractivity (Wildman–Crippen MR) is 89.4 cm³/mol. The highest BCUT2D eigenvalue weighted by atomic mass is 16.5. The van der Waals surface area contributed by atoms with Gasteiger partial charge in [-0.1, -0.05) is 18.2 Å². The Morgan fingerprint density at radius 2 is 2.17 bits per heavy atom. The van der Waals surface area contributed by atoms with Crippen LogP contribution in [0.15, 0.2) is 30.5 Å². The minimum atomic E-state index is -0.927. The molecule has 1 aromatic carbocycles. The van der Waals surface area contributed by atoms with Crippen LogP contribution in [0, 0.1) is 0 Å². The van der Waals surface area contributed by atoms with Gasteiger partial charge >= 0.3 is 0 Å². The number of benzene rings is 1. The number of nitrogens with one attached hydrogen (secondary N) is 1. The summed E-state index contributed by atoms with van der Waals surface area (Å²) in [7, 11) is 3.13. The maximum atomic E-state index is 12.9. The van der Waals surface area contributed by atoms with Crippen molar-refractivity contribution in [2.24, 2.45) is 0 Å². The van der Waals surface area contributed by atoms with Crippen LogP contribution in [-0.2, 0) is 20.9 Å². The molecular formula is C17H22N4O3. The molecule has 1 unspecified atom stereocenters. The van der Waals surface area contributed by atoms with Gasteiger partial charge in [0.2, 0.25) is 11.8 Å². The molecule has 3 rings (SSSR count). The van der Waals surface area contributed by atoms with E-state index < -0.39 is 5.54 Å². The lowest BCUT2D eigenvalue weighted by Gasteiger charge is -2.36. The van der Waals surface area contributed by atoms with Crippen LogP contribution in [0.1, 0.15) is 12.8 Å². The Bertz CT molecular complexity index is 757. The number of hydrogen-bond donors (Lipinski definition) is 1. The fourth-order valence-corrected chi connectivity index (χ4v) is 3.53. The first kappa shape index (κ1) is 16.4. The highest BCUT2D eigenvalue weighted by Gasteiger charge is 2.49. The van der Waals surface area contributed by atoms with Gasteiger partial charge in [0.15, 0.2) is 0 Å². The zero-order valence-electron chi connectivity index (χ0n) is 14.0. The second-order valence-electron chi connectivity index (χ2n) is 6.05. The molecule has 7 heteroatoms. The summed E-state index contributed by atoms with van der Waals surface area (Å²) in [5.41, 5.74) is -0.0221. The first-order valence-corrected chi connectivity index (χ1v) is 8.04. The van der Waals surface area contributed by atoms with Gasteiger partial charge in [-0.3, -0.25) is 14.3 Å². The Balaban J connectivity index is 1.86. The molecule has 1 saturated heterocycles. The van der Waals surface area contributed by atoms with Crippen molar-refractivity contribution in [3.05, 3.63) is 30.5 Å². The fraction of sp³-hybridized carbons (Fsp3) is 0.471. The van der Waals surface area contributed by atoms with Crippen molar-refractivity contribution in [3.8, 4) is 0 Å². The molecule has 2 heterocycles. The molecule has 0 aliphatic carbocycles. The molecule has 0 bridgehead atoms. The molecule has 1 fully saturated rings. The van der Waals surface area contributed by atoms with E-state index in [0.29, 0.717) is 13.0 Å². The molecule has 1 atom stereocenters. The molecule has 2 amide bonds. The number of hydrogen-bond acceptors (Lipinski definition) is 4. The van der Waals surface area contributed by atoms with E-state index in [-0.39, 0.29) is 25.0 Å². The topological polar surface area (TPSA) is 76.5 Å². The van der Waals surface area contributed by atoms with Crippen LogP contribution in [-0.4, -0.2) is 59.3 Å². The summed E-state index contributed by atoms with van der Waals surface area (Å²) < 4.78 is 6.94. The maximum absolute atomic E-state index is 12.9. The van der Waals surface area contributed by atoms with Crippen molar-refractivity contribution in [3.63, 3.8) is 0 Å². The first-order valence-electron chi connectivity index (χ1n) is 8.04. The summed E-state index contributed by atoms with van der Waals surface area (Å²) in [6.07, 6.45) is 3.13. The molecule has 0 spiro atoms. The van der Waals surface area contributed by atoms with Gasteiger partial charge in [-0.2, -0.15) is 5.10 Å². The standard InChI is InChI=1S/C17H22N4O3/c1-18-16(23)17(12-24-2)8-5-9-20(17)15(22)11-21-14-7-4-3-6-13(14)10-19-21/h3-4,6-7,10H,5,8-9,11-12H2,1-2H3,(H,18,23). The van der Waals surface area contributed by atoms with Crippen molar-refractivity contribution < 1.29 is 14.3 Å². The molecule has 1 N–H and O–H groups in total. The summed E-state index contributed by atoms with van der Waals surface area (Å²) >= 11 is 0. The largest absolute Gasteiger partial charge is 0.382 e. The molecule has 1 aromatic heterocycles. The van der Waals surface area contributed by atoms with Gasteiger partial charge in [0.05, 0.1) is 18.3 Å². The molecule has 24 heavy (non-hydrogen) atoms. The molecule has 2 aromatic rings. The lowest BCUT2D eigenvalue weighted by molar-refractivity contribution is -0.148. The van der Waals surface area contributed by atoms with Crippen LogP contribution < -0.4 is 5.32 Å². The number of ether oxygens (including phenoxy) is 1.